The molecule has 0 radical (unpaired) electrons. The van der Waals surface area contributed by atoms with Crippen LogP contribution in [0.1, 0.15) is 15.1 Å². The quantitative estimate of drug-likeness (QED) is 0.529. The van der Waals surface area contributed by atoms with Crippen molar-refractivity contribution in [2.24, 2.45) is 0 Å². The van der Waals surface area contributed by atoms with Crippen LogP contribution in [0, 0.1) is 0 Å². The number of aromatic nitrogens is 2. The SMILES string of the molecule is COC(=O)c1nc(-c2ccccc2)np1C([Si](C)(C)C)[Si](C)(C)C. The summed E-state index contributed by atoms with van der Waals surface area (Å²) in [4.78, 5) is 17.5. The fourth-order valence-electron chi connectivity index (χ4n) is 3.48. The molecule has 0 aliphatic carbocycles. The van der Waals surface area contributed by atoms with E-state index in [1.165, 1.54) is 7.11 Å². The number of nitrogens with zero attached hydrogens (tertiary/aromatic N) is 2. The molecule has 0 spiro atoms. The van der Waals surface area contributed by atoms with Gasteiger partial charge in [-0.25, -0.2) is 14.5 Å². The first-order chi connectivity index (χ1) is 11.1. The highest BCUT2D eigenvalue weighted by atomic mass is 31.1. The summed E-state index contributed by atoms with van der Waals surface area (Å²) < 4.78 is 10.0. The summed E-state index contributed by atoms with van der Waals surface area (Å²) in [5.41, 5.74) is 1.51. The Labute approximate surface area is 147 Å². The van der Waals surface area contributed by atoms with Crippen LogP contribution in [0.2, 0.25) is 39.3 Å². The molecule has 2 rings (SSSR count). The van der Waals surface area contributed by atoms with Gasteiger partial charge in [0.2, 0.25) is 0 Å². The topological polar surface area (TPSA) is 52.1 Å². The standard InChI is InChI=1S/C17H27N2O2PSi2/c1-21-16(20)15-18-14(13-11-9-8-10-12-13)19-22(15)17(23(2,3)4)24(5,6)7/h8-12,17H,1-7H3. The van der Waals surface area contributed by atoms with Gasteiger partial charge in [-0.15, -0.1) is 0 Å². The van der Waals surface area contributed by atoms with Crippen LogP contribution in [-0.2, 0) is 4.74 Å². The molecule has 4 nitrogen and oxygen atoms in total. The van der Waals surface area contributed by atoms with Crippen LogP contribution in [0.3, 0.4) is 0 Å². The first-order valence-corrected chi connectivity index (χ1v) is 16.7. The van der Waals surface area contributed by atoms with E-state index in [9.17, 15) is 4.79 Å². The second kappa shape index (κ2) is 6.94. The fraction of sp³-hybridized carbons (Fsp3) is 0.471. The lowest BCUT2D eigenvalue weighted by molar-refractivity contribution is 0.0600. The summed E-state index contributed by atoms with van der Waals surface area (Å²) in [5, 5.41) is 0. The largest absolute Gasteiger partial charge is 0.464 e. The molecule has 0 N–H and O–H groups in total. The van der Waals surface area contributed by atoms with Crippen molar-refractivity contribution in [3.63, 3.8) is 0 Å². The Balaban J connectivity index is 2.67. The number of carbonyl (C=O) groups excluding carboxylic acids is 1. The van der Waals surface area contributed by atoms with E-state index in [4.69, 9.17) is 9.48 Å². The van der Waals surface area contributed by atoms with Crippen LogP contribution in [0.25, 0.3) is 11.4 Å². The van der Waals surface area contributed by atoms with Gasteiger partial charge in [0.1, 0.15) is 0 Å². The monoisotopic (exact) mass is 378 g/mol. The van der Waals surface area contributed by atoms with E-state index in [0.29, 0.717) is 16.2 Å². The molecule has 1 unspecified atom stereocenters. The lowest BCUT2D eigenvalue weighted by atomic mass is 10.2. The van der Waals surface area contributed by atoms with Gasteiger partial charge in [-0.2, -0.15) is 0 Å². The number of benzene rings is 1. The van der Waals surface area contributed by atoms with Crippen molar-refractivity contribution in [3.8, 4) is 11.4 Å². The maximum atomic E-state index is 12.4. The van der Waals surface area contributed by atoms with Gasteiger partial charge in [0.05, 0.1) is 23.3 Å². The van der Waals surface area contributed by atoms with Crippen molar-refractivity contribution < 1.29 is 9.53 Å². The number of esters is 1. The predicted molar refractivity (Wildman–Crippen MR) is 107 cm³/mol. The summed E-state index contributed by atoms with van der Waals surface area (Å²) >= 11 is 0. The molecule has 24 heavy (non-hydrogen) atoms. The molecule has 1 atom stereocenters. The van der Waals surface area contributed by atoms with Crippen LogP contribution in [-0.4, -0.2) is 39.0 Å². The second-order valence-corrected chi connectivity index (χ2v) is 22.2. The summed E-state index contributed by atoms with van der Waals surface area (Å²) in [7, 11) is -2.59. The molecule has 1 aromatic heterocycles. The fourth-order valence-corrected chi connectivity index (χ4v) is 22.1. The van der Waals surface area contributed by atoms with Crippen molar-refractivity contribution >= 4 is 29.8 Å². The minimum Gasteiger partial charge on any atom is -0.464 e. The van der Waals surface area contributed by atoms with E-state index in [-0.39, 0.29) is 5.97 Å². The van der Waals surface area contributed by atoms with Crippen molar-refractivity contribution in [1.29, 1.82) is 0 Å². The number of hydrogen-bond acceptors (Lipinski definition) is 4. The summed E-state index contributed by atoms with van der Waals surface area (Å²) in [6.07, 6.45) is 0. The Hall–Kier alpha value is -1.24. The summed E-state index contributed by atoms with van der Waals surface area (Å²) in [6.45, 7) is 14.3. The summed E-state index contributed by atoms with van der Waals surface area (Å²) in [6, 6.07) is 9.91. The molecule has 0 aliphatic rings. The van der Waals surface area contributed by atoms with Gasteiger partial charge in [-0.1, -0.05) is 69.6 Å². The van der Waals surface area contributed by atoms with E-state index in [0.717, 1.165) is 5.56 Å². The van der Waals surface area contributed by atoms with Gasteiger partial charge < -0.3 is 4.74 Å². The Morgan fingerprint density at radius 3 is 2.04 bits per heavy atom. The van der Waals surface area contributed by atoms with Gasteiger partial charge in [-0.3, -0.25) is 0 Å². The maximum absolute atomic E-state index is 12.4. The molecule has 0 fully saturated rings. The van der Waals surface area contributed by atoms with Crippen molar-refractivity contribution in [2.75, 3.05) is 7.11 Å². The maximum Gasteiger partial charge on any atom is 0.362 e. The molecule has 7 heteroatoms. The van der Waals surface area contributed by atoms with E-state index >= 15 is 0 Å². The molecule has 0 amide bonds. The van der Waals surface area contributed by atoms with Gasteiger partial charge in [-0.05, 0) is 0 Å². The Morgan fingerprint density at radius 2 is 1.58 bits per heavy atom. The normalized spacial score (nSPS) is 13.2. The van der Waals surface area contributed by atoms with Gasteiger partial charge in [0.15, 0.2) is 11.3 Å². The first kappa shape index (κ1) is 19.1. The third-order valence-corrected chi connectivity index (χ3v) is 20.1. The zero-order valence-electron chi connectivity index (χ0n) is 15.6. The van der Waals surface area contributed by atoms with Crippen LogP contribution in [0.5, 0.6) is 0 Å². The lowest BCUT2D eigenvalue weighted by Gasteiger charge is -2.37. The van der Waals surface area contributed by atoms with E-state index in [2.05, 4.69) is 44.3 Å². The molecule has 1 aromatic carbocycles. The highest BCUT2D eigenvalue weighted by molar-refractivity contribution is 7.55. The smallest absolute Gasteiger partial charge is 0.362 e. The Bertz CT molecular complexity index is 704. The lowest BCUT2D eigenvalue weighted by Crippen LogP contribution is -2.44. The number of ether oxygens (including phenoxy) is 1. The zero-order valence-corrected chi connectivity index (χ0v) is 18.5. The molecule has 2 aromatic rings. The van der Waals surface area contributed by atoms with Crippen molar-refractivity contribution in [3.05, 3.63) is 35.8 Å². The van der Waals surface area contributed by atoms with Gasteiger partial charge in [0, 0.05) is 18.2 Å². The number of methoxy groups -OCH3 is 1. The number of carbonyl (C=O) groups is 1. The molecule has 0 saturated heterocycles. The average Bonchev–Trinajstić information content (AvgIpc) is 2.88. The third-order valence-electron chi connectivity index (χ3n) is 3.92. The van der Waals surface area contributed by atoms with E-state index < -0.39 is 23.8 Å². The van der Waals surface area contributed by atoms with Crippen LogP contribution < -0.4 is 0 Å². The average molecular weight is 379 g/mol. The van der Waals surface area contributed by atoms with Gasteiger partial charge >= 0.3 is 5.97 Å². The van der Waals surface area contributed by atoms with Gasteiger partial charge in [0.25, 0.3) is 0 Å². The number of rotatable bonds is 5. The van der Waals surface area contributed by atoms with Crippen LogP contribution >= 0.6 is 7.69 Å². The first-order valence-electron chi connectivity index (χ1n) is 8.16. The third kappa shape index (κ3) is 4.05. The van der Waals surface area contributed by atoms with Crippen LogP contribution in [0.4, 0.5) is 0 Å². The number of hydrogen-bond donors (Lipinski definition) is 0. The van der Waals surface area contributed by atoms with Crippen LogP contribution in [0.15, 0.2) is 30.3 Å². The molecular weight excluding hydrogens is 351 g/mol. The molecule has 0 bridgehead atoms. The molecule has 1 heterocycles. The molecular formula is C17H27N2O2PSi2. The Morgan fingerprint density at radius 1 is 1.04 bits per heavy atom. The van der Waals surface area contributed by atoms with E-state index in [1.54, 1.807) is 0 Å². The molecule has 0 aliphatic heterocycles. The minimum atomic E-state index is -1.52. The summed E-state index contributed by atoms with van der Waals surface area (Å²) in [5.74, 6) is 0.362. The molecule has 130 valence electrons. The van der Waals surface area contributed by atoms with E-state index in [1.807, 2.05) is 30.3 Å². The van der Waals surface area contributed by atoms with Crippen molar-refractivity contribution in [2.45, 2.75) is 44.2 Å². The highest BCUT2D eigenvalue weighted by Crippen LogP contribution is 2.52. The molecule has 0 saturated carbocycles. The van der Waals surface area contributed by atoms with Crippen molar-refractivity contribution in [1.82, 2.24) is 9.73 Å². The predicted octanol–water partition coefficient (Wildman–Crippen LogP) is 5.21. The second-order valence-electron chi connectivity index (χ2n) is 8.20. The highest BCUT2D eigenvalue weighted by Gasteiger charge is 2.43. The Kier molecular flexibility index (Phi) is 5.52. The minimum absolute atomic E-state index is 0.322. The zero-order chi connectivity index (χ0) is 18.1.